The summed E-state index contributed by atoms with van der Waals surface area (Å²) in [5.41, 5.74) is 1.78. The van der Waals surface area contributed by atoms with Crippen LogP contribution in [-0.4, -0.2) is 4.57 Å². The first kappa shape index (κ1) is 15.2. The Morgan fingerprint density at radius 1 is 0.875 bits per heavy atom. The summed E-state index contributed by atoms with van der Waals surface area (Å²) >= 11 is 12.2. The lowest BCUT2D eigenvalue weighted by Gasteiger charge is -2.07. The van der Waals surface area contributed by atoms with Crippen LogP contribution < -0.4 is 10.9 Å². The maximum absolute atomic E-state index is 11.9. The second-order valence-electron chi connectivity index (χ2n) is 5.63. The van der Waals surface area contributed by atoms with E-state index in [4.69, 9.17) is 23.2 Å². The molecule has 5 heteroatoms. The first-order valence-corrected chi connectivity index (χ1v) is 8.14. The first-order valence-electron chi connectivity index (χ1n) is 7.38. The van der Waals surface area contributed by atoms with E-state index in [1.165, 1.54) is 0 Å². The fraction of sp³-hybridized carbons (Fsp3) is 0.0526. The monoisotopic (exact) mass is 355 g/mol. The molecule has 0 atom stereocenters. The van der Waals surface area contributed by atoms with E-state index < -0.39 is 10.9 Å². The van der Waals surface area contributed by atoms with Gasteiger partial charge >= 0.3 is 0 Å². The second kappa shape index (κ2) is 5.62. The lowest BCUT2D eigenvalue weighted by molar-refractivity contribution is 0.837. The maximum Gasteiger partial charge on any atom is 0.245 e. The van der Waals surface area contributed by atoms with Gasteiger partial charge in [0, 0.05) is 34.2 Å². The molecular weight excluding hydrogens is 345 g/mol. The molecule has 0 aliphatic rings. The summed E-state index contributed by atoms with van der Waals surface area (Å²) < 4.78 is 2.01. The van der Waals surface area contributed by atoms with Crippen molar-refractivity contribution >= 4 is 34.1 Å². The Morgan fingerprint density at radius 3 is 2.33 bits per heavy atom. The first-order chi connectivity index (χ1) is 11.6. The van der Waals surface area contributed by atoms with Crippen LogP contribution in [0.15, 0.2) is 64.3 Å². The summed E-state index contributed by atoms with van der Waals surface area (Å²) in [6.07, 6.45) is 1.86. The van der Waals surface area contributed by atoms with Gasteiger partial charge < -0.3 is 4.57 Å². The van der Waals surface area contributed by atoms with Crippen molar-refractivity contribution in [1.29, 1.82) is 0 Å². The molecule has 0 aliphatic heterocycles. The second-order valence-corrected chi connectivity index (χ2v) is 6.41. The number of benzene rings is 2. The van der Waals surface area contributed by atoms with E-state index in [1.807, 2.05) is 59.3 Å². The Balaban J connectivity index is 1.91. The maximum atomic E-state index is 11.9. The van der Waals surface area contributed by atoms with Gasteiger partial charge in [-0.2, -0.15) is 0 Å². The average molecular weight is 356 g/mol. The molecule has 0 bridgehead atoms. The molecule has 3 aromatic carbocycles. The van der Waals surface area contributed by atoms with E-state index in [0.717, 1.165) is 16.5 Å². The van der Waals surface area contributed by atoms with Gasteiger partial charge in [-0.05, 0) is 17.7 Å². The molecule has 0 saturated heterocycles. The summed E-state index contributed by atoms with van der Waals surface area (Å²) in [5, 5.41) is 1.59. The van der Waals surface area contributed by atoms with Crippen molar-refractivity contribution in [2.45, 2.75) is 6.54 Å². The molecule has 24 heavy (non-hydrogen) atoms. The molecular formula is C19H11Cl2NO2. The smallest absolute Gasteiger partial charge is 0.245 e. The standard InChI is InChI=1S/C19H11Cl2NO2/c20-14-7-3-1-5-11(14)9-22-10-13(12-6-2-4-8-15(12)22)16-17(21)19(24)18(16)23/h1-8,10H,9H2. The van der Waals surface area contributed by atoms with Gasteiger partial charge in [-0.15, -0.1) is 0 Å². The molecule has 0 aliphatic carbocycles. The minimum Gasteiger partial charge on any atom is -0.342 e. The third kappa shape index (κ3) is 2.20. The van der Waals surface area contributed by atoms with Crippen molar-refractivity contribution < 1.29 is 0 Å². The van der Waals surface area contributed by atoms with E-state index in [0.29, 0.717) is 22.7 Å². The molecule has 3 nitrogen and oxygen atoms in total. The topological polar surface area (TPSA) is 39.1 Å². The van der Waals surface area contributed by atoms with Crippen LogP contribution in [0, 0.1) is 0 Å². The number of hydrogen-bond donors (Lipinski definition) is 0. The fourth-order valence-electron chi connectivity index (χ4n) is 2.99. The van der Waals surface area contributed by atoms with Crippen molar-refractivity contribution in [2.24, 2.45) is 0 Å². The van der Waals surface area contributed by atoms with Gasteiger partial charge in [0.2, 0.25) is 10.9 Å². The molecule has 0 saturated carbocycles. The summed E-state index contributed by atoms with van der Waals surface area (Å²) in [6.45, 7) is 0.563. The van der Waals surface area contributed by atoms with Gasteiger partial charge in [-0.3, -0.25) is 9.59 Å². The highest BCUT2D eigenvalue weighted by Gasteiger charge is 2.23. The molecule has 0 amide bonds. The summed E-state index contributed by atoms with van der Waals surface area (Å²) in [7, 11) is 0. The normalized spacial score (nSPS) is 11.4. The van der Waals surface area contributed by atoms with Gasteiger partial charge in [-0.25, -0.2) is 0 Å². The highest BCUT2D eigenvalue weighted by molar-refractivity contribution is 6.34. The number of rotatable bonds is 3. The van der Waals surface area contributed by atoms with Crippen LogP contribution in [-0.2, 0) is 6.54 Å². The minimum atomic E-state index is -0.616. The summed E-state index contributed by atoms with van der Waals surface area (Å²) in [5.74, 6) is 0. The molecule has 0 fully saturated rings. The van der Waals surface area contributed by atoms with Crippen LogP contribution in [0.5, 0.6) is 0 Å². The highest BCUT2D eigenvalue weighted by atomic mass is 35.5. The Morgan fingerprint density at radius 2 is 1.58 bits per heavy atom. The van der Waals surface area contributed by atoms with Crippen LogP contribution in [0.25, 0.3) is 22.0 Å². The van der Waals surface area contributed by atoms with Crippen LogP contribution in [0.3, 0.4) is 0 Å². The Hall–Kier alpha value is -2.36. The minimum absolute atomic E-state index is 0.0145. The van der Waals surface area contributed by atoms with Crippen molar-refractivity contribution in [3.8, 4) is 11.1 Å². The number of aromatic nitrogens is 1. The fourth-order valence-corrected chi connectivity index (χ4v) is 3.46. The van der Waals surface area contributed by atoms with Crippen molar-refractivity contribution in [1.82, 2.24) is 4.57 Å². The van der Waals surface area contributed by atoms with Crippen LogP contribution >= 0.6 is 23.2 Å². The number of fused-ring (bicyclic) bond motifs is 1. The van der Waals surface area contributed by atoms with E-state index in [2.05, 4.69) is 0 Å². The zero-order valence-electron chi connectivity index (χ0n) is 12.4. The Labute approximate surface area is 147 Å². The lowest BCUT2D eigenvalue weighted by atomic mass is 10.0. The summed E-state index contributed by atoms with van der Waals surface area (Å²) in [6, 6.07) is 15.3. The van der Waals surface area contributed by atoms with Crippen LogP contribution in [0.1, 0.15) is 5.56 Å². The predicted octanol–water partition coefficient (Wildman–Crippen LogP) is 4.26. The van der Waals surface area contributed by atoms with Crippen molar-refractivity contribution in [3.63, 3.8) is 0 Å². The van der Waals surface area contributed by atoms with E-state index in [9.17, 15) is 9.59 Å². The zero-order valence-corrected chi connectivity index (χ0v) is 13.9. The van der Waals surface area contributed by atoms with E-state index in [-0.39, 0.29) is 5.02 Å². The number of para-hydroxylation sites is 1. The number of halogens is 2. The van der Waals surface area contributed by atoms with Crippen LogP contribution in [0.4, 0.5) is 0 Å². The number of nitrogens with zero attached hydrogens (tertiary/aromatic N) is 1. The Bertz CT molecular complexity index is 1150. The molecule has 0 N–H and O–H groups in total. The Kier molecular flexibility index (Phi) is 3.56. The molecule has 1 heterocycles. The molecule has 0 unspecified atom stereocenters. The highest BCUT2D eigenvalue weighted by Crippen LogP contribution is 2.33. The van der Waals surface area contributed by atoms with E-state index >= 15 is 0 Å². The number of hydrogen-bond acceptors (Lipinski definition) is 2. The van der Waals surface area contributed by atoms with E-state index in [1.54, 1.807) is 0 Å². The van der Waals surface area contributed by atoms with Crippen LogP contribution in [0.2, 0.25) is 10.0 Å². The quantitative estimate of drug-likeness (QED) is 0.515. The molecule has 118 valence electrons. The van der Waals surface area contributed by atoms with Gasteiger partial charge in [0.1, 0.15) is 5.02 Å². The molecule has 1 aromatic heterocycles. The van der Waals surface area contributed by atoms with Gasteiger partial charge in [-0.1, -0.05) is 59.6 Å². The molecule has 4 rings (SSSR count). The average Bonchev–Trinajstić information content (AvgIpc) is 2.95. The SMILES string of the molecule is O=c1c(Cl)c(-c2cn(Cc3ccccc3Cl)c3ccccc23)c1=O. The summed E-state index contributed by atoms with van der Waals surface area (Å²) in [4.78, 5) is 23.4. The lowest BCUT2D eigenvalue weighted by Crippen LogP contribution is -2.33. The largest absolute Gasteiger partial charge is 0.342 e. The predicted molar refractivity (Wildman–Crippen MR) is 97.9 cm³/mol. The zero-order chi connectivity index (χ0) is 16.8. The van der Waals surface area contributed by atoms with Gasteiger partial charge in [0.15, 0.2) is 0 Å². The molecule has 4 aromatic rings. The van der Waals surface area contributed by atoms with Gasteiger partial charge in [0.05, 0.1) is 5.56 Å². The third-order valence-electron chi connectivity index (χ3n) is 4.21. The van der Waals surface area contributed by atoms with Gasteiger partial charge in [0.25, 0.3) is 0 Å². The van der Waals surface area contributed by atoms with Crippen molar-refractivity contribution in [3.05, 3.63) is 90.8 Å². The van der Waals surface area contributed by atoms with Crippen molar-refractivity contribution in [2.75, 3.05) is 0 Å². The molecule has 0 spiro atoms. The third-order valence-corrected chi connectivity index (χ3v) is 4.94. The molecule has 0 radical (unpaired) electrons.